The lowest BCUT2D eigenvalue weighted by molar-refractivity contribution is 0.0804. The third kappa shape index (κ3) is 3.34. The number of alkyl halides is 1. The zero-order valence-corrected chi connectivity index (χ0v) is 10.8. The fraction of sp³-hybridized carbons (Fsp3) is 0.417. The normalized spacial score (nSPS) is 10.1. The van der Waals surface area contributed by atoms with E-state index in [9.17, 15) is 4.79 Å². The Kier molecular flexibility index (Phi) is 4.82. The van der Waals surface area contributed by atoms with E-state index in [1.165, 1.54) is 5.56 Å². The van der Waals surface area contributed by atoms with Gasteiger partial charge < -0.3 is 4.90 Å². The fourth-order valence-corrected chi connectivity index (χ4v) is 1.86. The Labute approximate surface area is 99.4 Å². The van der Waals surface area contributed by atoms with Crippen molar-refractivity contribution in [2.24, 2.45) is 0 Å². The Morgan fingerprint density at radius 2 is 1.93 bits per heavy atom. The lowest BCUT2D eigenvalue weighted by Gasteiger charge is -2.15. The van der Waals surface area contributed by atoms with Gasteiger partial charge in [-0.15, -0.1) is 0 Å². The van der Waals surface area contributed by atoms with Crippen molar-refractivity contribution in [2.75, 3.05) is 18.9 Å². The molecule has 1 aromatic carbocycles. The van der Waals surface area contributed by atoms with Crippen LogP contribution in [0.3, 0.4) is 0 Å². The molecule has 0 atom stereocenters. The summed E-state index contributed by atoms with van der Waals surface area (Å²) in [4.78, 5) is 13.6. The summed E-state index contributed by atoms with van der Waals surface area (Å²) in [5, 5.41) is 0.808. The molecule has 0 aliphatic rings. The zero-order valence-electron chi connectivity index (χ0n) is 9.16. The number of aryl methyl sites for hydroxylation is 1. The number of halogens is 1. The number of amides is 1. The van der Waals surface area contributed by atoms with Crippen LogP contribution in [0.2, 0.25) is 0 Å². The van der Waals surface area contributed by atoms with Crippen LogP contribution in [0.15, 0.2) is 24.3 Å². The summed E-state index contributed by atoms with van der Waals surface area (Å²) in [5.41, 5.74) is 2.02. The highest BCUT2D eigenvalue weighted by Gasteiger charge is 2.09. The predicted molar refractivity (Wildman–Crippen MR) is 66.6 cm³/mol. The first kappa shape index (κ1) is 12.2. The Balaban J connectivity index is 2.73. The molecule has 1 amide bonds. The maximum absolute atomic E-state index is 11.8. The second-order valence-corrected chi connectivity index (χ2v) is 4.26. The molecule has 0 spiro atoms. The molecule has 0 heterocycles. The lowest BCUT2D eigenvalue weighted by atomic mass is 10.1. The minimum absolute atomic E-state index is 0.0807. The van der Waals surface area contributed by atoms with Crippen molar-refractivity contribution >= 4 is 21.8 Å². The van der Waals surface area contributed by atoms with E-state index in [-0.39, 0.29) is 5.91 Å². The van der Waals surface area contributed by atoms with Crippen LogP contribution in [0.1, 0.15) is 22.8 Å². The second kappa shape index (κ2) is 5.91. The number of carbonyl (C=O) groups excluding carboxylic acids is 1. The van der Waals surface area contributed by atoms with Gasteiger partial charge in [-0.25, -0.2) is 0 Å². The highest BCUT2D eigenvalue weighted by atomic mass is 79.9. The maximum Gasteiger partial charge on any atom is 0.253 e. The van der Waals surface area contributed by atoms with Crippen LogP contribution in [0.5, 0.6) is 0 Å². The predicted octanol–water partition coefficient (Wildman–Crippen LogP) is 2.72. The topological polar surface area (TPSA) is 20.3 Å². The summed E-state index contributed by atoms with van der Waals surface area (Å²) in [6.07, 6.45) is 1.01. The molecule has 0 aliphatic carbocycles. The van der Waals surface area contributed by atoms with E-state index in [1.807, 2.05) is 31.3 Å². The highest BCUT2D eigenvalue weighted by Crippen LogP contribution is 2.07. The van der Waals surface area contributed by atoms with Crippen molar-refractivity contribution in [2.45, 2.75) is 13.3 Å². The average Bonchev–Trinajstić information content (AvgIpc) is 2.28. The van der Waals surface area contributed by atoms with Crippen molar-refractivity contribution in [3.63, 3.8) is 0 Å². The number of hydrogen-bond acceptors (Lipinski definition) is 1. The van der Waals surface area contributed by atoms with Crippen molar-refractivity contribution < 1.29 is 4.79 Å². The molecule has 0 bridgehead atoms. The Bertz CT molecular complexity index is 321. The van der Waals surface area contributed by atoms with Gasteiger partial charge >= 0.3 is 0 Å². The number of rotatable bonds is 4. The van der Waals surface area contributed by atoms with Crippen LogP contribution < -0.4 is 0 Å². The SMILES string of the molecule is CCc1ccc(C(=O)N(C)CCBr)cc1. The Morgan fingerprint density at radius 1 is 1.33 bits per heavy atom. The first-order valence-electron chi connectivity index (χ1n) is 5.09. The van der Waals surface area contributed by atoms with E-state index in [0.717, 1.165) is 23.9 Å². The summed E-state index contributed by atoms with van der Waals surface area (Å²) < 4.78 is 0. The van der Waals surface area contributed by atoms with E-state index in [0.29, 0.717) is 0 Å². The van der Waals surface area contributed by atoms with Gasteiger partial charge in [-0.3, -0.25) is 4.79 Å². The lowest BCUT2D eigenvalue weighted by Crippen LogP contribution is -2.28. The molecule has 0 fully saturated rings. The van der Waals surface area contributed by atoms with Crippen molar-refractivity contribution in [3.05, 3.63) is 35.4 Å². The van der Waals surface area contributed by atoms with Gasteiger partial charge in [0, 0.05) is 24.5 Å². The van der Waals surface area contributed by atoms with Crippen LogP contribution in [0.4, 0.5) is 0 Å². The van der Waals surface area contributed by atoms with Crippen molar-refractivity contribution in [1.82, 2.24) is 4.90 Å². The van der Waals surface area contributed by atoms with E-state index in [2.05, 4.69) is 22.9 Å². The molecular weight excluding hydrogens is 254 g/mol. The number of hydrogen-bond donors (Lipinski definition) is 0. The standard InChI is InChI=1S/C12H16BrNO/c1-3-10-4-6-11(7-5-10)12(15)14(2)9-8-13/h4-7H,3,8-9H2,1-2H3. The van der Waals surface area contributed by atoms with E-state index >= 15 is 0 Å². The molecule has 0 aliphatic heterocycles. The minimum atomic E-state index is 0.0807. The van der Waals surface area contributed by atoms with Crippen LogP contribution in [0, 0.1) is 0 Å². The third-order valence-corrected chi connectivity index (χ3v) is 2.73. The summed E-state index contributed by atoms with van der Waals surface area (Å²) in [7, 11) is 1.82. The number of carbonyl (C=O) groups is 1. The van der Waals surface area contributed by atoms with Gasteiger partial charge in [-0.05, 0) is 24.1 Å². The van der Waals surface area contributed by atoms with Gasteiger partial charge in [0.05, 0.1) is 0 Å². The van der Waals surface area contributed by atoms with E-state index in [4.69, 9.17) is 0 Å². The zero-order chi connectivity index (χ0) is 11.3. The summed E-state index contributed by atoms with van der Waals surface area (Å²) in [6.45, 7) is 2.84. The van der Waals surface area contributed by atoms with Crippen LogP contribution in [-0.4, -0.2) is 29.7 Å². The molecule has 1 rings (SSSR count). The molecule has 1 aromatic rings. The van der Waals surface area contributed by atoms with Crippen LogP contribution in [-0.2, 0) is 6.42 Å². The molecule has 0 saturated heterocycles. The molecule has 0 unspecified atom stereocenters. The molecule has 0 aromatic heterocycles. The Hall–Kier alpha value is -0.830. The monoisotopic (exact) mass is 269 g/mol. The van der Waals surface area contributed by atoms with Gasteiger partial charge in [0.2, 0.25) is 0 Å². The summed E-state index contributed by atoms with van der Waals surface area (Å²) >= 11 is 3.32. The average molecular weight is 270 g/mol. The molecule has 2 nitrogen and oxygen atoms in total. The molecule has 82 valence electrons. The second-order valence-electron chi connectivity index (χ2n) is 3.47. The van der Waals surface area contributed by atoms with Crippen molar-refractivity contribution in [3.8, 4) is 0 Å². The molecule has 3 heteroatoms. The van der Waals surface area contributed by atoms with E-state index < -0.39 is 0 Å². The molecule has 0 radical (unpaired) electrons. The quantitative estimate of drug-likeness (QED) is 0.770. The van der Waals surface area contributed by atoms with Crippen molar-refractivity contribution in [1.29, 1.82) is 0 Å². The molecule has 15 heavy (non-hydrogen) atoms. The largest absolute Gasteiger partial charge is 0.341 e. The highest BCUT2D eigenvalue weighted by molar-refractivity contribution is 9.09. The number of nitrogens with zero attached hydrogens (tertiary/aromatic N) is 1. The van der Waals surface area contributed by atoms with Crippen LogP contribution >= 0.6 is 15.9 Å². The fourth-order valence-electron chi connectivity index (χ4n) is 1.33. The third-order valence-electron chi connectivity index (χ3n) is 2.38. The minimum Gasteiger partial charge on any atom is -0.341 e. The number of benzene rings is 1. The maximum atomic E-state index is 11.8. The molecule has 0 N–H and O–H groups in total. The van der Waals surface area contributed by atoms with Gasteiger partial charge in [-0.1, -0.05) is 35.0 Å². The Morgan fingerprint density at radius 3 is 2.40 bits per heavy atom. The summed E-state index contributed by atoms with van der Waals surface area (Å²) in [5.74, 6) is 0.0807. The van der Waals surface area contributed by atoms with Gasteiger partial charge in [0.25, 0.3) is 5.91 Å². The first-order chi connectivity index (χ1) is 7.19. The van der Waals surface area contributed by atoms with Gasteiger partial charge in [0.15, 0.2) is 0 Å². The summed E-state index contributed by atoms with van der Waals surface area (Å²) in [6, 6.07) is 7.81. The smallest absolute Gasteiger partial charge is 0.253 e. The van der Waals surface area contributed by atoms with Gasteiger partial charge in [-0.2, -0.15) is 0 Å². The molecule has 0 saturated carbocycles. The van der Waals surface area contributed by atoms with Crippen LogP contribution in [0.25, 0.3) is 0 Å². The van der Waals surface area contributed by atoms with Gasteiger partial charge in [0.1, 0.15) is 0 Å². The molecular formula is C12H16BrNO. The first-order valence-corrected chi connectivity index (χ1v) is 6.21. The van der Waals surface area contributed by atoms with E-state index in [1.54, 1.807) is 4.90 Å².